The summed E-state index contributed by atoms with van der Waals surface area (Å²) in [6.07, 6.45) is 5.04. The van der Waals surface area contributed by atoms with E-state index in [4.69, 9.17) is 10.5 Å². The first kappa shape index (κ1) is 8.30. The minimum atomic E-state index is -0.942. The molecule has 0 radical (unpaired) electrons. The Bertz CT molecular complexity index is 206. The molecule has 2 atom stereocenters. The van der Waals surface area contributed by atoms with Crippen LogP contribution in [0.2, 0.25) is 0 Å². The van der Waals surface area contributed by atoms with E-state index in [0.29, 0.717) is 5.76 Å². The van der Waals surface area contributed by atoms with Gasteiger partial charge in [0.15, 0.2) is 0 Å². The van der Waals surface area contributed by atoms with Crippen molar-refractivity contribution in [1.29, 1.82) is 0 Å². The molecule has 0 saturated carbocycles. The van der Waals surface area contributed by atoms with Gasteiger partial charge in [-0.3, -0.25) is 0 Å². The summed E-state index contributed by atoms with van der Waals surface area (Å²) in [6, 6.07) is -0.387. The third kappa shape index (κ3) is 1.61. The van der Waals surface area contributed by atoms with Gasteiger partial charge < -0.3 is 15.6 Å². The molecule has 0 aromatic rings. The number of rotatable bonds is 1. The number of hydrogen-bond donors (Lipinski definition) is 2. The molecule has 1 rings (SSSR count). The van der Waals surface area contributed by atoms with Gasteiger partial charge in [0.2, 0.25) is 0 Å². The maximum absolute atomic E-state index is 9.54. The van der Waals surface area contributed by atoms with E-state index in [1.807, 2.05) is 0 Å². The van der Waals surface area contributed by atoms with Crippen molar-refractivity contribution in [2.24, 2.45) is 5.73 Å². The predicted octanol–water partition coefficient (Wildman–Crippen LogP) is 0.165. The first-order valence-corrected chi connectivity index (χ1v) is 3.49. The molecule has 3 N–H and O–H groups in total. The van der Waals surface area contributed by atoms with Gasteiger partial charge in [0.05, 0.1) is 18.8 Å². The van der Waals surface area contributed by atoms with Gasteiger partial charge in [-0.2, -0.15) is 0 Å². The van der Waals surface area contributed by atoms with Gasteiger partial charge in [-0.15, -0.1) is 0 Å². The van der Waals surface area contributed by atoms with Crippen LogP contribution in [0, 0.1) is 0 Å². The van der Waals surface area contributed by atoms with Gasteiger partial charge in [0, 0.05) is 0 Å². The van der Waals surface area contributed by atoms with Crippen molar-refractivity contribution in [1.82, 2.24) is 0 Å². The molecular weight excluding hydrogens is 142 g/mol. The van der Waals surface area contributed by atoms with Crippen molar-refractivity contribution < 1.29 is 9.84 Å². The molecule has 0 saturated heterocycles. The van der Waals surface area contributed by atoms with Gasteiger partial charge in [-0.05, 0) is 25.2 Å². The zero-order valence-electron chi connectivity index (χ0n) is 6.74. The van der Waals surface area contributed by atoms with Crippen molar-refractivity contribution in [3.8, 4) is 0 Å². The van der Waals surface area contributed by atoms with Crippen LogP contribution in [0.25, 0.3) is 0 Å². The van der Waals surface area contributed by atoms with Crippen molar-refractivity contribution in [2.45, 2.75) is 18.6 Å². The minimum Gasteiger partial charge on any atom is -0.497 e. The molecule has 0 fully saturated rings. The number of allylic oxidation sites excluding steroid dienone is 1. The van der Waals surface area contributed by atoms with Crippen LogP contribution in [-0.4, -0.2) is 23.9 Å². The van der Waals surface area contributed by atoms with Crippen LogP contribution >= 0.6 is 0 Å². The molecule has 2 unspecified atom stereocenters. The van der Waals surface area contributed by atoms with E-state index in [2.05, 4.69) is 0 Å². The summed E-state index contributed by atoms with van der Waals surface area (Å²) in [7, 11) is 1.57. The Morgan fingerprint density at radius 2 is 2.36 bits per heavy atom. The van der Waals surface area contributed by atoms with Crippen molar-refractivity contribution in [2.75, 3.05) is 7.11 Å². The van der Waals surface area contributed by atoms with E-state index in [-0.39, 0.29) is 6.04 Å². The topological polar surface area (TPSA) is 55.5 Å². The second-order valence-electron chi connectivity index (χ2n) is 2.86. The number of ether oxygens (including phenoxy) is 1. The summed E-state index contributed by atoms with van der Waals surface area (Å²) >= 11 is 0. The zero-order chi connectivity index (χ0) is 8.48. The normalized spacial score (nSPS) is 36.7. The van der Waals surface area contributed by atoms with E-state index in [1.54, 1.807) is 32.3 Å². The molecule has 0 aromatic heterocycles. The fraction of sp³-hybridized carbons (Fsp3) is 0.500. The molecule has 0 aromatic carbocycles. The fourth-order valence-electron chi connectivity index (χ4n) is 0.899. The standard InChI is InChI=1S/C8H13NO2/c1-8(10)4-3-6(11-2)5-7(8)9/h3-5,7,10H,9H2,1-2H3. The summed E-state index contributed by atoms with van der Waals surface area (Å²) in [5, 5.41) is 9.54. The fourth-order valence-corrected chi connectivity index (χ4v) is 0.899. The van der Waals surface area contributed by atoms with Gasteiger partial charge in [-0.25, -0.2) is 0 Å². The lowest BCUT2D eigenvalue weighted by molar-refractivity contribution is 0.0929. The van der Waals surface area contributed by atoms with Gasteiger partial charge >= 0.3 is 0 Å². The second kappa shape index (κ2) is 2.68. The lowest BCUT2D eigenvalue weighted by Gasteiger charge is -2.27. The molecule has 1 aliphatic carbocycles. The molecule has 0 bridgehead atoms. The first-order valence-electron chi connectivity index (χ1n) is 3.49. The quantitative estimate of drug-likeness (QED) is 0.567. The lowest BCUT2D eigenvalue weighted by atomic mass is 9.92. The van der Waals surface area contributed by atoms with Crippen LogP contribution in [0.3, 0.4) is 0 Å². The monoisotopic (exact) mass is 155 g/mol. The number of nitrogens with two attached hydrogens (primary N) is 1. The maximum atomic E-state index is 9.54. The Labute approximate surface area is 66.2 Å². The SMILES string of the molecule is COC1=CC(N)C(C)(O)C=C1. The third-order valence-corrected chi connectivity index (χ3v) is 1.84. The van der Waals surface area contributed by atoms with Gasteiger partial charge in [0.1, 0.15) is 5.76 Å². The van der Waals surface area contributed by atoms with Crippen LogP contribution in [0.15, 0.2) is 24.0 Å². The summed E-state index contributed by atoms with van der Waals surface area (Å²) in [5.74, 6) is 0.698. The minimum absolute atomic E-state index is 0.387. The molecule has 0 heterocycles. The highest BCUT2D eigenvalue weighted by atomic mass is 16.5. The van der Waals surface area contributed by atoms with Crippen molar-refractivity contribution >= 4 is 0 Å². The molecule has 0 aliphatic heterocycles. The zero-order valence-corrected chi connectivity index (χ0v) is 6.74. The van der Waals surface area contributed by atoms with Crippen LogP contribution in [0.1, 0.15) is 6.92 Å². The van der Waals surface area contributed by atoms with Gasteiger partial charge in [-0.1, -0.05) is 0 Å². The van der Waals surface area contributed by atoms with Crippen LogP contribution in [-0.2, 0) is 4.74 Å². The smallest absolute Gasteiger partial charge is 0.116 e. The van der Waals surface area contributed by atoms with E-state index < -0.39 is 5.60 Å². The summed E-state index contributed by atoms with van der Waals surface area (Å²) in [4.78, 5) is 0. The summed E-state index contributed by atoms with van der Waals surface area (Å²) < 4.78 is 4.94. The molecule has 0 amide bonds. The Morgan fingerprint density at radius 1 is 1.73 bits per heavy atom. The molecule has 3 heteroatoms. The number of aliphatic hydroxyl groups is 1. The summed E-state index contributed by atoms with van der Waals surface area (Å²) in [6.45, 7) is 1.66. The Balaban J connectivity index is 2.80. The highest BCUT2D eigenvalue weighted by Gasteiger charge is 2.27. The highest BCUT2D eigenvalue weighted by molar-refractivity contribution is 5.27. The average Bonchev–Trinajstić information content (AvgIpc) is 1.95. The molecule has 11 heavy (non-hydrogen) atoms. The Kier molecular flexibility index (Phi) is 2.02. The van der Waals surface area contributed by atoms with Crippen LogP contribution in [0.4, 0.5) is 0 Å². The molecular formula is C8H13NO2. The molecule has 3 nitrogen and oxygen atoms in total. The Hall–Kier alpha value is -0.800. The van der Waals surface area contributed by atoms with Crippen molar-refractivity contribution in [3.63, 3.8) is 0 Å². The van der Waals surface area contributed by atoms with E-state index in [0.717, 1.165) is 0 Å². The van der Waals surface area contributed by atoms with Crippen LogP contribution in [0.5, 0.6) is 0 Å². The van der Waals surface area contributed by atoms with E-state index in [9.17, 15) is 5.11 Å². The highest BCUT2D eigenvalue weighted by Crippen LogP contribution is 2.19. The van der Waals surface area contributed by atoms with Gasteiger partial charge in [0.25, 0.3) is 0 Å². The number of hydrogen-bond acceptors (Lipinski definition) is 3. The molecule has 0 spiro atoms. The van der Waals surface area contributed by atoms with E-state index in [1.165, 1.54) is 0 Å². The largest absolute Gasteiger partial charge is 0.497 e. The average molecular weight is 155 g/mol. The van der Waals surface area contributed by atoms with E-state index >= 15 is 0 Å². The maximum Gasteiger partial charge on any atom is 0.116 e. The molecule has 62 valence electrons. The molecule has 1 aliphatic rings. The second-order valence-corrected chi connectivity index (χ2v) is 2.86. The van der Waals surface area contributed by atoms with Crippen molar-refractivity contribution in [3.05, 3.63) is 24.0 Å². The third-order valence-electron chi connectivity index (χ3n) is 1.84. The first-order chi connectivity index (χ1) is 5.06. The number of methoxy groups -OCH3 is 1. The Morgan fingerprint density at radius 3 is 2.82 bits per heavy atom. The lowest BCUT2D eigenvalue weighted by Crippen LogP contribution is -2.44. The predicted molar refractivity (Wildman–Crippen MR) is 42.8 cm³/mol. The summed E-state index contributed by atoms with van der Waals surface area (Å²) in [5.41, 5.74) is 4.68. The van der Waals surface area contributed by atoms with Crippen LogP contribution < -0.4 is 5.73 Å².